The maximum Gasteiger partial charge on any atom is 0.260 e. The Morgan fingerprint density at radius 2 is 2.27 bits per heavy atom. The van der Waals surface area contributed by atoms with E-state index in [-0.39, 0.29) is 11.1 Å². The van der Waals surface area contributed by atoms with Crippen LogP contribution >= 0.6 is 0 Å². The number of nitrogens with zero attached hydrogens (tertiary/aromatic N) is 2. The molecule has 82 valence electrons. The van der Waals surface area contributed by atoms with Crippen molar-refractivity contribution >= 4 is 10.0 Å². The topological polar surface area (TPSA) is 76.3 Å². The molecular formula is C9H13N3O2S. The molecule has 0 bridgehead atoms. The van der Waals surface area contributed by atoms with Crippen molar-refractivity contribution in [3.8, 4) is 0 Å². The minimum atomic E-state index is -3.43. The third kappa shape index (κ3) is 2.01. The van der Waals surface area contributed by atoms with E-state index in [0.29, 0.717) is 19.5 Å². The van der Waals surface area contributed by atoms with E-state index < -0.39 is 10.0 Å². The quantitative estimate of drug-likeness (QED) is 0.759. The minimum absolute atomic E-state index is 0.0523. The first kappa shape index (κ1) is 10.5. The Morgan fingerprint density at radius 3 is 2.80 bits per heavy atom. The Kier molecular flexibility index (Phi) is 2.72. The number of rotatable bonds is 2. The van der Waals surface area contributed by atoms with Crippen molar-refractivity contribution < 1.29 is 8.42 Å². The van der Waals surface area contributed by atoms with Crippen LogP contribution in [0.15, 0.2) is 29.4 Å². The molecule has 1 aromatic heterocycles. The highest BCUT2D eigenvalue weighted by atomic mass is 32.2. The molecule has 15 heavy (non-hydrogen) atoms. The van der Waals surface area contributed by atoms with E-state index in [0.717, 1.165) is 0 Å². The molecule has 1 atom stereocenters. The van der Waals surface area contributed by atoms with Crippen molar-refractivity contribution in [1.29, 1.82) is 0 Å². The Balaban J connectivity index is 2.28. The lowest BCUT2D eigenvalue weighted by atomic mass is 10.3. The molecule has 0 aromatic carbocycles. The first-order valence-corrected chi connectivity index (χ1v) is 6.21. The zero-order valence-electron chi connectivity index (χ0n) is 8.20. The fraction of sp³-hybridized carbons (Fsp3) is 0.444. The molecule has 2 N–H and O–H groups in total. The van der Waals surface area contributed by atoms with E-state index in [9.17, 15) is 8.42 Å². The number of pyridine rings is 1. The second kappa shape index (κ2) is 3.88. The smallest absolute Gasteiger partial charge is 0.260 e. The van der Waals surface area contributed by atoms with Gasteiger partial charge < -0.3 is 5.73 Å². The number of nitrogens with two attached hydrogens (primary N) is 1. The molecule has 0 unspecified atom stereocenters. The van der Waals surface area contributed by atoms with E-state index in [4.69, 9.17) is 5.73 Å². The van der Waals surface area contributed by atoms with E-state index in [1.165, 1.54) is 16.6 Å². The fourth-order valence-corrected chi connectivity index (χ4v) is 3.05. The molecule has 1 aliphatic rings. The Labute approximate surface area is 89.0 Å². The lowest BCUT2D eigenvalue weighted by Crippen LogP contribution is -2.32. The summed E-state index contributed by atoms with van der Waals surface area (Å²) in [6.07, 6.45) is 2.19. The third-order valence-electron chi connectivity index (χ3n) is 2.43. The van der Waals surface area contributed by atoms with Gasteiger partial charge in [0, 0.05) is 25.3 Å². The summed E-state index contributed by atoms with van der Waals surface area (Å²) in [7, 11) is -3.43. The van der Waals surface area contributed by atoms with Gasteiger partial charge in [0.15, 0.2) is 5.03 Å². The van der Waals surface area contributed by atoms with E-state index >= 15 is 0 Å². The summed E-state index contributed by atoms with van der Waals surface area (Å²) in [5, 5.41) is 0.0964. The number of hydrogen-bond acceptors (Lipinski definition) is 4. The summed E-state index contributed by atoms with van der Waals surface area (Å²) in [5.41, 5.74) is 5.67. The Morgan fingerprint density at radius 1 is 1.47 bits per heavy atom. The summed E-state index contributed by atoms with van der Waals surface area (Å²) in [6, 6.07) is 4.80. The van der Waals surface area contributed by atoms with Crippen LogP contribution < -0.4 is 5.73 Å². The zero-order chi connectivity index (χ0) is 10.9. The molecule has 1 aromatic rings. The molecule has 0 saturated carbocycles. The lowest BCUT2D eigenvalue weighted by Gasteiger charge is -2.14. The van der Waals surface area contributed by atoms with Crippen molar-refractivity contribution in [2.45, 2.75) is 17.5 Å². The molecular weight excluding hydrogens is 214 g/mol. The standard InChI is InChI=1S/C9H13N3O2S/c10-8-4-6-12(7-8)15(13,14)9-3-1-2-5-11-9/h1-3,5,8H,4,6-7,10H2/t8-/m1/s1. The van der Waals surface area contributed by atoms with Crippen LogP contribution in [0.25, 0.3) is 0 Å². The fourth-order valence-electron chi connectivity index (χ4n) is 1.60. The number of hydrogen-bond donors (Lipinski definition) is 1. The summed E-state index contributed by atoms with van der Waals surface area (Å²) in [4.78, 5) is 3.85. The highest BCUT2D eigenvalue weighted by molar-refractivity contribution is 7.89. The van der Waals surface area contributed by atoms with Gasteiger partial charge in [-0.15, -0.1) is 0 Å². The van der Waals surface area contributed by atoms with Gasteiger partial charge >= 0.3 is 0 Å². The van der Waals surface area contributed by atoms with Crippen molar-refractivity contribution in [2.75, 3.05) is 13.1 Å². The largest absolute Gasteiger partial charge is 0.326 e. The third-order valence-corrected chi connectivity index (χ3v) is 4.21. The van der Waals surface area contributed by atoms with Crippen molar-refractivity contribution in [1.82, 2.24) is 9.29 Å². The monoisotopic (exact) mass is 227 g/mol. The summed E-state index contributed by atoms with van der Waals surface area (Å²) in [5.74, 6) is 0. The maximum absolute atomic E-state index is 12.0. The van der Waals surface area contributed by atoms with Gasteiger partial charge in [-0.1, -0.05) is 6.07 Å². The average Bonchev–Trinajstić information content (AvgIpc) is 2.67. The predicted molar refractivity (Wildman–Crippen MR) is 55.6 cm³/mol. The van der Waals surface area contributed by atoms with Crippen molar-refractivity contribution in [3.05, 3.63) is 24.4 Å². The first-order valence-electron chi connectivity index (χ1n) is 4.77. The van der Waals surface area contributed by atoms with Gasteiger partial charge in [0.2, 0.25) is 0 Å². The molecule has 2 rings (SSSR count). The molecule has 1 aliphatic heterocycles. The molecule has 0 amide bonds. The normalized spacial score (nSPS) is 23.1. The van der Waals surface area contributed by atoms with E-state index in [1.54, 1.807) is 12.1 Å². The van der Waals surface area contributed by atoms with Crippen LogP contribution in [-0.2, 0) is 10.0 Å². The van der Waals surface area contributed by atoms with Gasteiger partial charge in [0.05, 0.1) is 0 Å². The van der Waals surface area contributed by atoms with Gasteiger partial charge in [-0.25, -0.2) is 13.4 Å². The number of sulfonamides is 1. The maximum atomic E-state index is 12.0. The second-order valence-electron chi connectivity index (χ2n) is 3.58. The Hall–Kier alpha value is -0.980. The van der Waals surface area contributed by atoms with Crippen LogP contribution in [0.2, 0.25) is 0 Å². The van der Waals surface area contributed by atoms with Gasteiger partial charge in [-0.05, 0) is 18.6 Å². The van der Waals surface area contributed by atoms with Crippen LogP contribution in [0.5, 0.6) is 0 Å². The molecule has 0 spiro atoms. The van der Waals surface area contributed by atoms with Crippen molar-refractivity contribution in [3.63, 3.8) is 0 Å². The van der Waals surface area contributed by atoms with Gasteiger partial charge in [0.25, 0.3) is 10.0 Å². The molecule has 1 saturated heterocycles. The lowest BCUT2D eigenvalue weighted by molar-refractivity contribution is 0.469. The van der Waals surface area contributed by atoms with Crippen LogP contribution in [-0.4, -0.2) is 36.8 Å². The minimum Gasteiger partial charge on any atom is -0.326 e. The molecule has 0 aliphatic carbocycles. The molecule has 2 heterocycles. The summed E-state index contributed by atoms with van der Waals surface area (Å²) >= 11 is 0. The van der Waals surface area contributed by atoms with Crippen LogP contribution in [0.4, 0.5) is 0 Å². The Bertz CT molecular complexity index is 432. The van der Waals surface area contributed by atoms with Crippen LogP contribution in [0.3, 0.4) is 0 Å². The SMILES string of the molecule is N[C@@H]1CCN(S(=O)(=O)c2ccccn2)C1. The van der Waals surface area contributed by atoms with Crippen LogP contribution in [0.1, 0.15) is 6.42 Å². The predicted octanol–water partition coefficient (Wildman–Crippen LogP) is -0.197. The van der Waals surface area contributed by atoms with Crippen molar-refractivity contribution in [2.24, 2.45) is 5.73 Å². The zero-order valence-corrected chi connectivity index (χ0v) is 9.02. The van der Waals surface area contributed by atoms with Gasteiger partial charge in [-0.2, -0.15) is 4.31 Å². The summed E-state index contributed by atoms with van der Waals surface area (Å²) in [6.45, 7) is 0.874. The molecule has 5 nitrogen and oxygen atoms in total. The van der Waals surface area contributed by atoms with Gasteiger partial charge in [0.1, 0.15) is 0 Å². The average molecular weight is 227 g/mol. The van der Waals surface area contributed by atoms with Crippen LogP contribution in [0, 0.1) is 0 Å². The molecule has 0 radical (unpaired) electrons. The highest BCUT2D eigenvalue weighted by Gasteiger charge is 2.31. The summed E-state index contributed by atoms with van der Waals surface area (Å²) < 4.78 is 25.4. The second-order valence-corrected chi connectivity index (χ2v) is 5.46. The first-order chi connectivity index (χ1) is 7.10. The van der Waals surface area contributed by atoms with Gasteiger partial charge in [-0.3, -0.25) is 0 Å². The number of aromatic nitrogens is 1. The highest BCUT2D eigenvalue weighted by Crippen LogP contribution is 2.18. The van der Waals surface area contributed by atoms with E-state index in [1.807, 2.05) is 0 Å². The molecule has 6 heteroatoms. The molecule has 1 fully saturated rings. The van der Waals surface area contributed by atoms with E-state index in [2.05, 4.69) is 4.98 Å².